The molecule has 0 saturated carbocycles. The van der Waals surface area contributed by atoms with Crippen LogP contribution in [0.25, 0.3) is 0 Å². The van der Waals surface area contributed by atoms with Gasteiger partial charge in [-0.05, 0) is 12.5 Å². The molecule has 20 heavy (non-hydrogen) atoms. The Morgan fingerprint density at radius 3 is 2.40 bits per heavy atom. The van der Waals surface area contributed by atoms with Crippen LogP contribution < -0.4 is 5.32 Å². The molecule has 0 aliphatic carbocycles. The summed E-state index contributed by atoms with van der Waals surface area (Å²) in [6.45, 7) is 1.41. The molecule has 0 spiro atoms. The zero-order valence-electron chi connectivity index (χ0n) is 11.4. The van der Waals surface area contributed by atoms with Crippen LogP contribution in [-0.4, -0.2) is 31.0 Å². The lowest BCUT2D eigenvalue weighted by atomic mass is 10.1. The first-order valence-electron chi connectivity index (χ1n) is 6.07. The molecule has 0 aromatic heterocycles. The first-order valence-corrected chi connectivity index (χ1v) is 6.07. The van der Waals surface area contributed by atoms with Crippen molar-refractivity contribution < 1.29 is 23.9 Å². The summed E-state index contributed by atoms with van der Waals surface area (Å²) in [5.74, 6) is -0.905. The van der Waals surface area contributed by atoms with Crippen LogP contribution in [0.2, 0.25) is 0 Å². The summed E-state index contributed by atoms with van der Waals surface area (Å²) in [6, 6.07) is 8.23. The van der Waals surface area contributed by atoms with E-state index in [1.807, 2.05) is 30.3 Å². The number of methoxy groups -OCH3 is 1. The highest BCUT2D eigenvalue weighted by molar-refractivity contribution is 5.89. The van der Waals surface area contributed by atoms with Crippen LogP contribution in [-0.2, 0) is 25.7 Å². The molecule has 0 heterocycles. The molecule has 0 saturated heterocycles. The average molecular weight is 279 g/mol. The number of esters is 1. The number of Topliss-reactive ketones (excluding diaryl/α,β-unsaturated/α-hetero) is 1. The summed E-state index contributed by atoms with van der Waals surface area (Å²) in [5, 5.41) is 2.28. The maximum absolute atomic E-state index is 11.6. The molecular formula is C14H17NO5. The Morgan fingerprint density at radius 2 is 1.85 bits per heavy atom. The van der Waals surface area contributed by atoms with Gasteiger partial charge in [0.15, 0.2) is 5.78 Å². The van der Waals surface area contributed by atoms with E-state index >= 15 is 0 Å². The molecule has 1 rings (SSSR count). The summed E-state index contributed by atoms with van der Waals surface area (Å²) < 4.78 is 9.43. The second-order valence-electron chi connectivity index (χ2n) is 4.15. The number of alkyl carbamates (subject to hydrolysis) is 1. The van der Waals surface area contributed by atoms with Gasteiger partial charge in [0.1, 0.15) is 12.6 Å². The molecule has 108 valence electrons. The molecule has 1 amide bonds. The van der Waals surface area contributed by atoms with Crippen LogP contribution in [0.3, 0.4) is 0 Å². The van der Waals surface area contributed by atoms with Crippen molar-refractivity contribution in [2.75, 3.05) is 7.11 Å². The Labute approximate surface area is 117 Å². The average Bonchev–Trinajstić information content (AvgIpc) is 2.45. The number of benzene rings is 1. The van der Waals surface area contributed by atoms with Gasteiger partial charge < -0.3 is 14.8 Å². The monoisotopic (exact) mass is 279 g/mol. The second kappa shape index (κ2) is 7.93. The third-order valence-electron chi connectivity index (χ3n) is 2.58. The Kier molecular flexibility index (Phi) is 6.22. The van der Waals surface area contributed by atoms with Crippen molar-refractivity contribution >= 4 is 17.8 Å². The third-order valence-corrected chi connectivity index (χ3v) is 2.58. The summed E-state index contributed by atoms with van der Waals surface area (Å²) in [5.41, 5.74) is 0.848. The van der Waals surface area contributed by atoms with E-state index in [9.17, 15) is 14.4 Å². The molecule has 0 aliphatic heterocycles. The van der Waals surface area contributed by atoms with E-state index in [0.717, 1.165) is 5.56 Å². The normalized spacial score (nSPS) is 11.3. The van der Waals surface area contributed by atoms with E-state index in [4.69, 9.17) is 4.74 Å². The Bertz CT molecular complexity index is 472. The zero-order chi connectivity index (χ0) is 15.0. The number of hydrogen-bond donors (Lipinski definition) is 1. The molecule has 6 nitrogen and oxygen atoms in total. The smallest absolute Gasteiger partial charge is 0.407 e. The van der Waals surface area contributed by atoms with Gasteiger partial charge in [-0.1, -0.05) is 30.3 Å². The molecule has 0 unspecified atom stereocenters. The van der Waals surface area contributed by atoms with E-state index in [1.165, 1.54) is 14.0 Å². The number of carbonyl (C=O) groups excluding carboxylic acids is 3. The fourth-order valence-electron chi connectivity index (χ4n) is 1.46. The minimum absolute atomic E-state index is 0.128. The number of ketones is 1. The number of ether oxygens (including phenoxy) is 2. The molecule has 0 aliphatic rings. The molecule has 0 bridgehead atoms. The molecule has 1 atom stereocenters. The number of rotatable bonds is 6. The van der Waals surface area contributed by atoms with Gasteiger partial charge in [0, 0.05) is 0 Å². The number of nitrogens with one attached hydrogen (secondary N) is 1. The summed E-state index contributed by atoms with van der Waals surface area (Å²) in [6.07, 6.45) is -0.988. The van der Waals surface area contributed by atoms with Crippen molar-refractivity contribution in [2.24, 2.45) is 0 Å². The Morgan fingerprint density at radius 1 is 1.20 bits per heavy atom. The molecule has 1 aromatic rings. The van der Waals surface area contributed by atoms with E-state index in [0.29, 0.717) is 0 Å². The zero-order valence-corrected chi connectivity index (χ0v) is 11.4. The van der Waals surface area contributed by atoms with Gasteiger partial charge in [-0.3, -0.25) is 9.59 Å². The van der Waals surface area contributed by atoms with Crippen LogP contribution in [0, 0.1) is 0 Å². The van der Waals surface area contributed by atoms with E-state index in [1.54, 1.807) is 0 Å². The molecular weight excluding hydrogens is 262 g/mol. The van der Waals surface area contributed by atoms with Crippen LogP contribution >= 0.6 is 0 Å². The standard InChI is InChI=1S/C14H17NO5/c1-10(16)12(15-14(18)19-2)8-13(17)20-9-11-6-4-3-5-7-11/h3-7,12H,8-9H2,1-2H3,(H,15,18)/t12-/m0/s1. The van der Waals surface area contributed by atoms with Crippen LogP contribution in [0.15, 0.2) is 30.3 Å². The number of amides is 1. The topological polar surface area (TPSA) is 81.7 Å². The minimum Gasteiger partial charge on any atom is -0.461 e. The van der Waals surface area contributed by atoms with Gasteiger partial charge in [-0.25, -0.2) is 4.79 Å². The van der Waals surface area contributed by atoms with Crippen molar-refractivity contribution in [3.05, 3.63) is 35.9 Å². The summed E-state index contributed by atoms with van der Waals surface area (Å²) >= 11 is 0. The SMILES string of the molecule is COC(=O)N[C@@H](CC(=O)OCc1ccccc1)C(C)=O. The number of carbonyl (C=O) groups is 3. The second-order valence-corrected chi connectivity index (χ2v) is 4.15. The predicted molar refractivity (Wildman–Crippen MR) is 70.9 cm³/mol. The predicted octanol–water partition coefficient (Wildman–Crippen LogP) is 1.43. The van der Waals surface area contributed by atoms with Crippen molar-refractivity contribution in [2.45, 2.75) is 26.0 Å². The quantitative estimate of drug-likeness (QED) is 0.797. The lowest BCUT2D eigenvalue weighted by Gasteiger charge is -2.14. The van der Waals surface area contributed by atoms with Crippen molar-refractivity contribution in [1.29, 1.82) is 0 Å². The Balaban J connectivity index is 2.46. The molecule has 0 radical (unpaired) electrons. The maximum atomic E-state index is 11.6. The van der Waals surface area contributed by atoms with Crippen LogP contribution in [0.1, 0.15) is 18.9 Å². The maximum Gasteiger partial charge on any atom is 0.407 e. The highest BCUT2D eigenvalue weighted by Crippen LogP contribution is 2.04. The Hall–Kier alpha value is -2.37. The van der Waals surface area contributed by atoms with E-state index in [2.05, 4.69) is 10.1 Å². The first kappa shape index (κ1) is 15.7. The molecule has 1 N–H and O–H groups in total. The van der Waals surface area contributed by atoms with Crippen molar-refractivity contribution in [3.63, 3.8) is 0 Å². The van der Waals surface area contributed by atoms with Gasteiger partial charge >= 0.3 is 12.1 Å². The van der Waals surface area contributed by atoms with Gasteiger partial charge in [-0.2, -0.15) is 0 Å². The van der Waals surface area contributed by atoms with Gasteiger partial charge in [0.2, 0.25) is 0 Å². The molecule has 0 fully saturated rings. The first-order chi connectivity index (χ1) is 9.52. The molecule has 6 heteroatoms. The molecule has 1 aromatic carbocycles. The van der Waals surface area contributed by atoms with Gasteiger partial charge in [0.25, 0.3) is 0 Å². The van der Waals surface area contributed by atoms with Crippen LogP contribution in [0.5, 0.6) is 0 Å². The van der Waals surface area contributed by atoms with Crippen molar-refractivity contribution in [3.8, 4) is 0 Å². The third kappa shape index (κ3) is 5.51. The highest BCUT2D eigenvalue weighted by Gasteiger charge is 2.21. The van der Waals surface area contributed by atoms with Gasteiger partial charge in [0.05, 0.1) is 13.5 Å². The van der Waals surface area contributed by atoms with Crippen molar-refractivity contribution in [1.82, 2.24) is 5.32 Å². The minimum atomic E-state index is -0.939. The lowest BCUT2D eigenvalue weighted by molar-refractivity contribution is -0.146. The fraction of sp³-hybridized carbons (Fsp3) is 0.357. The van der Waals surface area contributed by atoms with Crippen LogP contribution in [0.4, 0.5) is 4.79 Å². The fourth-order valence-corrected chi connectivity index (χ4v) is 1.46. The summed E-state index contributed by atoms with van der Waals surface area (Å²) in [7, 11) is 1.18. The van der Waals surface area contributed by atoms with E-state index < -0.39 is 18.1 Å². The van der Waals surface area contributed by atoms with Gasteiger partial charge in [-0.15, -0.1) is 0 Å². The highest BCUT2D eigenvalue weighted by atomic mass is 16.5. The summed E-state index contributed by atoms with van der Waals surface area (Å²) in [4.78, 5) is 34.0. The largest absolute Gasteiger partial charge is 0.461 e. The van der Waals surface area contributed by atoms with E-state index in [-0.39, 0.29) is 18.8 Å². The lowest BCUT2D eigenvalue weighted by Crippen LogP contribution is -2.41. The number of hydrogen-bond acceptors (Lipinski definition) is 5.